The van der Waals surface area contributed by atoms with E-state index < -0.39 is 5.97 Å². The molecule has 2 aliphatic rings. The molecule has 18 heavy (non-hydrogen) atoms. The summed E-state index contributed by atoms with van der Waals surface area (Å²) >= 11 is 1.28. The minimum atomic E-state index is -0.881. The normalized spacial score (nSPS) is 24.9. The van der Waals surface area contributed by atoms with Crippen LogP contribution in [0, 0.1) is 0 Å². The second-order valence-corrected chi connectivity index (χ2v) is 5.95. The summed E-state index contributed by atoms with van der Waals surface area (Å²) in [5.41, 5.74) is 0. The lowest BCUT2D eigenvalue weighted by molar-refractivity contribution is 0.0702. The fraction of sp³-hybridized carbons (Fsp3) is 0.667. The van der Waals surface area contributed by atoms with Crippen LogP contribution >= 0.6 is 11.3 Å². The van der Waals surface area contributed by atoms with Gasteiger partial charge in [-0.25, -0.2) is 9.78 Å². The number of carboxylic acids is 1. The highest BCUT2D eigenvalue weighted by Crippen LogP contribution is 2.28. The topological polar surface area (TPSA) is 56.7 Å². The Hall–Kier alpha value is -1.14. The van der Waals surface area contributed by atoms with E-state index in [1.165, 1.54) is 49.9 Å². The van der Waals surface area contributed by atoms with Gasteiger partial charge < -0.3 is 10.0 Å². The molecule has 1 atom stereocenters. The molecule has 0 saturated carbocycles. The van der Waals surface area contributed by atoms with Crippen molar-refractivity contribution in [1.82, 2.24) is 9.88 Å². The maximum Gasteiger partial charge on any atom is 0.347 e. The minimum Gasteiger partial charge on any atom is -0.477 e. The Morgan fingerprint density at radius 3 is 2.83 bits per heavy atom. The molecule has 3 rings (SSSR count). The third kappa shape index (κ3) is 2.22. The molecule has 1 unspecified atom stereocenters. The van der Waals surface area contributed by atoms with Crippen LogP contribution in [0.4, 0.5) is 5.13 Å². The van der Waals surface area contributed by atoms with E-state index in [0.717, 1.165) is 18.2 Å². The number of thiazole rings is 1. The van der Waals surface area contributed by atoms with Gasteiger partial charge in [-0.1, -0.05) is 11.3 Å². The van der Waals surface area contributed by atoms with Gasteiger partial charge in [-0.2, -0.15) is 0 Å². The zero-order valence-electron chi connectivity index (χ0n) is 10.2. The number of aromatic nitrogens is 1. The summed E-state index contributed by atoms with van der Waals surface area (Å²) in [6.45, 7) is 4.42. The molecule has 0 aromatic carbocycles. The zero-order chi connectivity index (χ0) is 12.5. The summed E-state index contributed by atoms with van der Waals surface area (Å²) in [5, 5.41) is 9.76. The lowest BCUT2D eigenvalue weighted by Gasteiger charge is -2.23. The fourth-order valence-electron chi connectivity index (χ4n) is 2.83. The van der Waals surface area contributed by atoms with Crippen molar-refractivity contribution in [3.05, 3.63) is 11.1 Å². The first-order valence-corrected chi connectivity index (χ1v) is 7.24. The SMILES string of the molecule is O=C(O)c1cnc(N2CCC(N3CCCC3)C2)s1. The Balaban J connectivity index is 1.65. The second-order valence-electron chi connectivity index (χ2n) is 4.94. The minimum absolute atomic E-state index is 0.328. The number of aromatic carboxylic acids is 1. The molecule has 2 fully saturated rings. The zero-order valence-corrected chi connectivity index (χ0v) is 11.0. The quantitative estimate of drug-likeness (QED) is 0.899. The van der Waals surface area contributed by atoms with Crippen molar-refractivity contribution >= 4 is 22.4 Å². The first-order valence-electron chi connectivity index (χ1n) is 6.42. The molecule has 0 bridgehead atoms. The van der Waals surface area contributed by atoms with Crippen LogP contribution in [0.3, 0.4) is 0 Å². The van der Waals surface area contributed by atoms with Crippen LogP contribution in [-0.4, -0.2) is 53.2 Å². The van der Waals surface area contributed by atoms with Gasteiger partial charge in [-0.15, -0.1) is 0 Å². The summed E-state index contributed by atoms with van der Waals surface area (Å²) in [6, 6.07) is 0.629. The van der Waals surface area contributed by atoms with Crippen molar-refractivity contribution in [3.63, 3.8) is 0 Å². The molecule has 0 amide bonds. The number of nitrogens with zero attached hydrogens (tertiary/aromatic N) is 3. The summed E-state index contributed by atoms with van der Waals surface area (Å²) in [7, 11) is 0. The monoisotopic (exact) mass is 267 g/mol. The lowest BCUT2D eigenvalue weighted by Crippen LogP contribution is -2.35. The highest BCUT2D eigenvalue weighted by atomic mass is 32.1. The number of hydrogen-bond donors (Lipinski definition) is 1. The number of carbonyl (C=O) groups is 1. The van der Waals surface area contributed by atoms with Crippen LogP contribution < -0.4 is 4.90 Å². The molecule has 98 valence electrons. The molecule has 0 spiro atoms. The van der Waals surface area contributed by atoms with Gasteiger partial charge in [0.25, 0.3) is 0 Å². The third-order valence-electron chi connectivity index (χ3n) is 3.80. The highest BCUT2D eigenvalue weighted by Gasteiger charge is 2.30. The van der Waals surface area contributed by atoms with E-state index in [0.29, 0.717) is 10.9 Å². The van der Waals surface area contributed by atoms with Crippen LogP contribution in [0.15, 0.2) is 6.20 Å². The molecule has 1 aromatic heterocycles. The molecule has 3 heterocycles. The number of hydrogen-bond acceptors (Lipinski definition) is 5. The van der Waals surface area contributed by atoms with Crippen molar-refractivity contribution < 1.29 is 9.90 Å². The predicted octanol–water partition coefficient (Wildman–Crippen LogP) is 1.52. The summed E-state index contributed by atoms with van der Waals surface area (Å²) < 4.78 is 0. The molecule has 0 aliphatic carbocycles. The molecule has 5 nitrogen and oxygen atoms in total. The van der Waals surface area contributed by atoms with E-state index in [-0.39, 0.29) is 0 Å². The van der Waals surface area contributed by atoms with Gasteiger partial charge in [0, 0.05) is 19.1 Å². The Morgan fingerprint density at radius 2 is 2.17 bits per heavy atom. The van der Waals surface area contributed by atoms with Crippen molar-refractivity contribution in [2.75, 3.05) is 31.1 Å². The first kappa shape index (κ1) is 11.9. The molecule has 2 saturated heterocycles. The van der Waals surface area contributed by atoms with E-state index >= 15 is 0 Å². The van der Waals surface area contributed by atoms with E-state index in [2.05, 4.69) is 14.8 Å². The lowest BCUT2D eigenvalue weighted by atomic mass is 10.2. The molecule has 1 N–H and O–H groups in total. The molecular weight excluding hydrogens is 250 g/mol. The predicted molar refractivity (Wildman–Crippen MR) is 70.5 cm³/mol. The maximum atomic E-state index is 10.8. The first-order chi connectivity index (χ1) is 8.74. The summed E-state index contributed by atoms with van der Waals surface area (Å²) in [4.78, 5) is 20.2. The summed E-state index contributed by atoms with van der Waals surface area (Å²) in [6.07, 6.45) is 5.27. The molecular formula is C12H17N3O2S. The van der Waals surface area contributed by atoms with E-state index in [1.807, 2.05) is 0 Å². The average Bonchev–Trinajstić information content (AvgIpc) is 3.10. The van der Waals surface area contributed by atoms with Crippen LogP contribution in [0.25, 0.3) is 0 Å². The van der Waals surface area contributed by atoms with Crippen molar-refractivity contribution in [1.29, 1.82) is 0 Å². The van der Waals surface area contributed by atoms with Crippen molar-refractivity contribution in [3.8, 4) is 0 Å². The number of carboxylic acid groups (broad SMARTS) is 1. The maximum absolute atomic E-state index is 10.8. The Kier molecular flexibility index (Phi) is 3.22. The smallest absolute Gasteiger partial charge is 0.347 e. The molecule has 6 heteroatoms. The highest BCUT2D eigenvalue weighted by molar-refractivity contribution is 7.17. The average molecular weight is 267 g/mol. The van der Waals surface area contributed by atoms with Crippen LogP contribution in [-0.2, 0) is 0 Å². The van der Waals surface area contributed by atoms with Crippen molar-refractivity contribution in [2.45, 2.75) is 25.3 Å². The Labute approximate surface area is 110 Å². The van der Waals surface area contributed by atoms with Crippen LogP contribution in [0.1, 0.15) is 28.9 Å². The Morgan fingerprint density at radius 1 is 1.39 bits per heavy atom. The van der Waals surface area contributed by atoms with E-state index in [4.69, 9.17) is 5.11 Å². The molecule has 0 radical (unpaired) electrons. The number of rotatable bonds is 3. The van der Waals surface area contributed by atoms with Crippen molar-refractivity contribution in [2.24, 2.45) is 0 Å². The van der Waals surface area contributed by atoms with E-state index in [1.54, 1.807) is 0 Å². The summed E-state index contributed by atoms with van der Waals surface area (Å²) in [5.74, 6) is -0.881. The molecule has 1 aromatic rings. The third-order valence-corrected chi connectivity index (χ3v) is 4.84. The fourth-order valence-corrected chi connectivity index (χ4v) is 3.62. The van der Waals surface area contributed by atoms with Gasteiger partial charge in [0.1, 0.15) is 4.88 Å². The number of likely N-dealkylation sites (tertiary alicyclic amines) is 1. The van der Waals surface area contributed by atoms with Crippen LogP contribution in [0.5, 0.6) is 0 Å². The van der Waals surface area contributed by atoms with Crippen LogP contribution in [0.2, 0.25) is 0 Å². The standard InChI is InChI=1S/C12H17N3O2S/c16-11(17)10-7-13-12(18-10)15-6-3-9(8-15)14-4-1-2-5-14/h7,9H,1-6,8H2,(H,16,17). The van der Waals surface area contributed by atoms with Gasteiger partial charge in [0.05, 0.1) is 6.20 Å². The molecule has 2 aliphatic heterocycles. The number of anilines is 1. The van der Waals surface area contributed by atoms with E-state index in [9.17, 15) is 4.79 Å². The Bertz CT molecular complexity index is 442. The second kappa shape index (κ2) is 4.85. The van der Waals surface area contributed by atoms with Gasteiger partial charge >= 0.3 is 5.97 Å². The van der Waals surface area contributed by atoms with Gasteiger partial charge in [0.2, 0.25) is 0 Å². The van der Waals surface area contributed by atoms with Gasteiger partial charge in [-0.05, 0) is 32.4 Å². The van der Waals surface area contributed by atoms with Gasteiger partial charge in [0.15, 0.2) is 5.13 Å². The van der Waals surface area contributed by atoms with Gasteiger partial charge in [-0.3, -0.25) is 4.90 Å². The largest absolute Gasteiger partial charge is 0.477 e.